The van der Waals surface area contributed by atoms with Gasteiger partial charge in [-0.15, -0.1) is 0 Å². The number of hydrogen-bond donors (Lipinski definition) is 0. The minimum Gasteiger partial charge on any atom is -0.356 e. The topological polar surface area (TPSA) is 46.3 Å². The van der Waals surface area contributed by atoms with Crippen molar-refractivity contribution in [2.45, 2.75) is 45.3 Å². The van der Waals surface area contributed by atoms with Crippen LogP contribution in [0.5, 0.6) is 0 Å². The summed E-state index contributed by atoms with van der Waals surface area (Å²) in [6.07, 6.45) is -3.26. The second-order valence-electron chi connectivity index (χ2n) is 8.35. The number of alkyl halides is 5. The summed E-state index contributed by atoms with van der Waals surface area (Å²) in [5, 5.41) is 0.662. The molecule has 3 aromatic rings. The smallest absolute Gasteiger partial charge is 0.356 e. The van der Waals surface area contributed by atoms with Gasteiger partial charge in [-0.2, -0.15) is 13.2 Å². The first-order chi connectivity index (χ1) is 15.5. The first kappa shape index (κ1) is 23.1. The molecular formula is C23H24F5N5. The Bertz CT molecular complexity index is 1250. The van der Waals surface area contributed by atoms with Gasteiger partial charge in [0.15, 0.2) is 5.49 Å². The van der Waals surface area contributed by atoms with Gasteiger partial charge >= 0.3 is 6.18 Å². The molecule has 0 atom stereocenters. The fourth-order valence-corrected chi connectivity index (χ4v) is 4.02. The molecule has 0 amide bonds. The molecule has 5 nitrogen and oxygen atoms in total. The standard InChI is InChI=1S/C23H24F5N5/c1-14-16(5-4-6-18(14)23(26,27)28)12-30-21-17-11-20(33-9-7-22(24,25)8-10-33)29-13-19(17)32(3)15(2)31-21/h4-6,11,13H,7-10,12H2,1-3H3. The van der Waals surface area contributed by atoms with E-state index in [2.05, 4.69) is 15.0 Å². The molecular weight excluding hydrogens is 441 g/mol. The molecule has 0 unspecified atom stereocenters. The summed E-state index contributed by atoms with van der Waals surface area (Å²) < 4.78 is 68.7. The van der Waals surface area contributed by atoms with E-state index < -0.39 is 17.7 Å². The number of anilines is 1. The molecule has 1 aromatic carbocycles. The van der Waals surface area contributed by atoms with Crippen LogP contribution in [0.4, 0.5) is 27.8 Å². The molecule has 176 valence electrons. The van der Waals surface area contributed by atoms with Crippen LogP contribution in [0.3, 0.4) is 0 Å². The van der Waals surface area contributed by atoms with Crippen LogP contribution in [0.2, 0.25) is 0 Å². The maximum Gasteiger partial charge on any atom is 0.416 e. The zero-order valence-corrected chi connectivity index (χ0v) is 18.5. The average Bonchev–Trinajstić information content (AvgIpc) is 2.75. The lowest BCUT2D eigenvalue weighted by Gasteiger charge is -2.32. The third-order valence-corrected chi connectivity index (χ3v) is 6.19. The first-order valence-corrected chi connectivity index (χ1v) is 10.6. The summed E-state index contributed by atoms with van der Waals surface area (Å²) in [6, 6.07) is 5.81. The lowest BCUT2D eigenvalue weighted by atomic mass is 10.0. The zero-order valence-electron chi connectivity index (χ0n) is 18.5. The Hall–Kier alpha value is -3.04. The van der Waals surface area contributed by atoms with E-state index in [0.29, 0.717) is 28.1 Å². The predicted molar refractivity (Wildman–Crippen MR) is 115 cm³/mol. The Morgan fingerprint density at radius 2 is 1.82 bits per heavy atom. The monoisotopic (exact) mass is 465 g/mol. The van der Waals surface area contributed by atoms with Gasteiger partial charge in [0.2, 0.25) is 0 Å². The van der Waals surface area contributed by atoms with Crippen molar-refractivity contribution in [2.75, 3.05) is 18.0 Å². The lowest BCUT2D eigenvalue weighted by Crippen LogP contribution is -2.39. The fourth-order valence-electron chi connectivity index (χ4n) is 4.02. The van der Waals surface area contributed by atoms with Crippen molar-refractivity contribution in [3.05, 3.63) is 58.5 Å². The van der Waals surface area contributed by atoms with Crippen LogP contribution in [0, 0.1) is 13.8 Å². The molecule has 3 heterocycles. The molecule has 0 aliphatic carbocycles. The molecule has 0 spiro atoms. The Morgan fingerprint density at radius 3 is 2.48 bits per heavy atom. The minimum atomic E-state index is -4.44. The highest BCUT2D eigenvalue weighted by atomic mass is 19.4. The van der Waals surface area contributed by atoms with Gasteiger partial charge < -0.3 is 9.47 Å². The molecule has 0 radical (unpaired) electrons. The number of aryl methyl sites for hydroxylation is 2. The van der Waals surface area contributed by atoms with Crippen molar-refractivity contribution in [3.63, 3.8) is 0 Å². The number of pyridine rings is 1. The predicted octanol–water partition coefficient (Wildman–Crippen LogP) is 4.94. The molecule has 1 aliphatic heterocycles. The van der Waals surface area contributed by atoms with Gasteiger partial charge in [-0.3, -0.25) is 4.99 Å². The fraction of sp³-hybridized carbons (Fsp3) is 0.435. The van der Waals surface area contributed by atoms with Crippen molar-refractivity contribution in [1.82, 2.24) is 14.5 Å². The highest BCUT2D eigenvalue weighted by Crippen LogP contribution is 2.33. The molecule has 1 fully saturated rings. The number of benzene rings is 1. The van der Waals surface area contributed by atoms with Gasteiger partial charge in [0.25, 0.3) is 5.92 Å². The number of fused-ring (bicyclic) bond motifs is 1. The van der Waals surface area contributed by atoms with Crippen LogP contribution in [-0.4, -0.2) is 33.5 Å². The maximum absolute atomic E-state index is 13.6. The maximum atomic E-state index is 13.6. The Morgan fingerprint density at radius 1 is 1.12 bits per heavy atom. The first-order valence-electron chi connectivity index (χ1n) is 10.6. The van der Waals surface area contributed by atoms with Crippen molar-refractivity contribution in [3.8, 4) is 0 Å². The second kappa shape index (κ2) is 8.39. The van der Waals surface area contributed by atoms with Crippen LogP contribution >= 0.6 is 0 Å². The third kappa shape index (κ3) is 4.69. The van der Waals surface area contributed by atoms with Gasteiger partial charge in [0, 0.05) is 38.4 Å². The number of piperidine rings is 1. The van der Waals surface area contributed by atoms with Gasteiger partial charge in [-0.05, 0) is 37.1 Å². The van der Waals surface area contributed by atoms with E-state index in [9.17, 15) is 22.0 Å². The molecule has 1 saturated heterocycles. The Balaban J connectivity index is 1.76. The number of halogens is 5. The molecule has 10 heteroatoms. The third-order valence-electron chi connectivity index (χ3n) is 6.19. The van der Waals surface area contributed by atoms with Gasteiger partial charge in [0.1, 0.15) is 11.6 Å². The SMILES string of the molecule is Cc1c(CN=c2nc(C)n(C)c3cnc(N4CCC(F)(F)CC4)cc23)cccc1C(F)(F)F. The summed E-state index contributed by atoms with van der Waals surface area (Å²) >= 11 is 0. The van der Waals surface area contributed by atoms with E-state index in [0.717, 1.165) is 11.6 Å². The van der Waals surface area contributed by atoms with Crippen LogP contribution < -0.4 is 10.4 Å². The molecule has 0 bridgehead atoms. The molecule has 2 aromatic heterocycles. The Kier molecular flexibility index (Phi) is 5.88. The number of aromatic nitrogens is 3. The lowest BCUT2D eigenvalue weighted by molar-refractivity contribution is -0.138. The molecule has 4 rings (SSSR count). The van der Waals surface area contributed by atoms with Crippen LogP contribution in [0.25, 0.3) is 10.9 Å². The van der Waals surface area contributed by atoms with Crippen molar-refractivity contribution in [1.29, 1.82) is 0 Å². The van der Waals surface area contributed by atoms with Gasteiger partial charge in [-0.1, -0.05) is 12.1 Å². The minimum absolute atomic E-state index is 0.0264. The van der Waals surface area contributed by atoms with Gasteiger partial charge in [0.05, 0.1) is 23.8 Å². The largest absolute Gasteiger partial charge is 0.416 e. The van der Waals surface area contributed by atoms with E-state index in [1.807, 2.05) is 11.6 Å². The van der Waals surface area contributed by atoms with Crippen molar-refractivity contribution >= 4 is 16.7 Å². The Labute approximate surface area is 187 Å². The summed E-state index contributed by atoms with van der Waals surface area (Å²) in [7, 11) is 1.83. The van der Waals surface area contributed by atoms with Crippen molar-refractivity contribution in [2.24, 2.45) is 12.0 Å². The van der Waals surface area contributed by atoms with Crippen LogP contribution in [0.15, 0.2) is 35.5 Å². The summed E-state index contributed by atoms with van der Waals surface area (Å²) in [4.78, 5) is 15.3. The van der Waals surface area contributed by atoms with E-state index in [4.69, 9.17) is 0 Å². The molecule has 0 N–H and O–H groups in total. The van der Waals surface area contributed by atoms with Crippen LogP contribution in [0.1, 0.15) is 35.4 Å². The highest BCUT2D eigenvalue weighted by molar-refractivity contribution is 5.80. The average molecular weight is 465 g/mol. The molecule has 33 heavy (non-hydrogen) atoms. The van der Waals surface area contributed by atoms with Crippen molar-refractivity contribution < 1.29 is 22.0 Å². The van der Waals surface area contributed by atoms with E-state index in [1.54, 1.807) is 30.2 Å². The van der Waals surface area contributed by atoms with Crippen LogP contribution in [-0.2, 0) is 19.8 Å². The van der Waals surface area contributed by atoms with E-state index >= 15 is 0 Å². The summed E-state index contributed by atoms with van der Waals surface area (Å²) in [5.41, 5.74) is 1.03. The van der Waals surface area contributed by atoms with E-state index in [-0.39, 0.29) is 38.0 Å². The number of nitrogens with zero attached hydrogens (tertiary/aromatic N) is 5. The number of rotatable bonds is 3. The number of hydrogen-bond acceptors (Lipinski definition) is 4. The summed E-state index contributed by atoms with van der Waals surface area (Å²) in [5.74, 6) is -1.45. The zero-order chi connectivity index (χ0) is 24.0. The molecule has 0 saturated carbocycles. The molecule has 1 aliphatic rings. The van der Waals surface area contributed by atoms with E-state index in [1.165, 1.54) is 13.0 Å². The normalized spacial score (nSPS) is 17.1. The quantitative estimate of drug-likeness (QED) is 0.515. The highest BCUT2D eigenvalue weighted by Gasteiger charge is 2.34. The van der Waals surface area contributed by atoms with Gasteiger partial charge in [-0.25, -0.2) is 18.7 Å². The summed E-state index contributed by atoms with van der Waals surface area (Å²) in [6.45, 7) is 3.64. The second-order valence-corrected chi connectivity index (χ2v) is 8.35.